The monoisotopic (exact) mass is 205 g/mol. The van der Waals surface area contributed by atoms with E-state index in [0.717, 1.165) is 5.56 Å². The first-order valence-electron chi connectivity index (χ1n) is 4.86. The first kappa shape index (κ1) is 11.5. The fourth-order valence-electron chi connectivity index (χ4n) is 1.32. The lowest BCUT2D eigenvalue weighted by Gasteiger charge is -2.11. The van der Waals surface area contributed by atoms with Crippen LogP contribution in [0, 0.1) is 11.8 Å². The van der Waals surface area contributed by atoms with Crippen LogP contribution in [0.15, 0.2) is 18.3 Å². The third-order valence-corrected chi connectivity index (χ3v) is 2.07. The van der Waals surface area contributed by atoms with E-state index in [9.17, 15) is 5.11 Å². The molecular weight excluding hydrogens is 190 g/mol. The van der Waals surface area contributed by atoms with E-state index >= 15 is 0 Å². The van der Waals surface area contributed by atoms with Gasteiger partial charge in [0.1, 0.15) is 0 Å². The number of nitrogens with zero attached hydrogens (tertiary/aromatic N) is 1. The van der Waals surface area contributed by atoms with Gasteiger partial charge in [0.05, 0.1) is 13.2 Å². The topological polar surface area (TPSA) is 42.4 Å². The van der Waals surface area contributed by atoms with Crippen LogP contribution < -0.4 is 4.74 Å². The minimum absolute atomic E-state index is 0.481. The zero-order valence-electron chi connectivity index (χ0n) is 9.03. The summed E-state index contributed by atoms with van der Waals surface area (Å²) in [6.07, 6.45) is 2.36. The molecule has 1 heterocycles. The van der Waals surface area contributed by atoms with Crippen LogP contribution in [0.3, 0.4) is 0 Å². The number of aromatic nitrogens is 1. The highest BCUT2D eigenvalue weighted by Crippen LogP contribution is 2.25. The molecule has 1 N–H and O–H groups in total. The molecule has 0 aliphatic rings. The van der Waals surface area contributed by atoms with Gasteiger partial charge in [-0.1, -0.05) is 0 Å². The zero-order chi connectivity index (χ0) is 11.1. The second kappa shape index (κ2) is 6.05. The summed E-state index contributed by atoms with van der Waals surface area (Å²) in [7, 11) is 1.55. The van der Waals surface area contributed by atoms with Crippen molar-refractivity contribution < 1.29 is 9.84 Å². The molecule has 80 valence electrons. The Morgan fingerprint density at radius 2 is 2.40 bits per heavy atom. The second-order valence-electron chi connectivity index (χ2n) is 3.08. The summed E-state index contributed by atoms with van der Waals surface area (Å²) in [6.45, 7) is 1.79. The van der Waals surface area contributed by atoms with Crippen LogP contribution >= 0.6 is 0 Å². The van der Waals surface area contributed by atoms with Crippen molar-refractivity contribution in [3.05, 3.63) is 23.9 Å². The van der Waals surface area contributed by atoms with Crippen LogP contribution in [0.25, 0.3) is 0 Å². The van der Waals surface area contributed by atoms with Crippen LogP contribution in [-0.2, 0) is 0 Å². The van der Waals surface area contributed by atoms with Crippen molar-refractivity contribution in [2.75, 3.05) is 7.11 Å². The van der Waals surface area contributed by atoms with E-state index in [1.54, 1.807) is 26.3 Å². The molecule has 0 aliphatic heterocycles. The van der Waals surface area contributed by atoms with Gasteiger partial charge in [0.15, 0.2) is 0 Å². The van der Waals surface area contributed by atoms with Crippen LogP contribution in [0.1, 0.15) is 31.4 Å². The van der Waals surface area contributed by atoms with Crippen molar-refractivity contribution in [2.24, 2.45) is 0 Å². The van der Waals surface area contributed by atoms with Gasteiger partial charge < -0.3 is 9.84 Å². The number of methoxy groups -OCH3 is 1. The maximum Gasteiger partial charge on any atom is 0.218 e. The summed E-state index contributed by atoms with van der Waals surface area (Å²) in [5.41, 5.74) is 0.720. The minimum atomic E-state index is -0.561. The highest BCUT2D eigenvalue weighted by Gasteiger charge is 2.12. The van der Waals surface area contributed by atoms with Crippen molar-refractivity contribution in [2.45, 2.75) is 25.9 Å². The maximum absolute atomic E-state index is 9.87. The van der Waals surface area contributed by atoms with Gasteiger partial charge in [-0.3, -0.25) is 0 Å². The van der Waals surface area contributed by atoms with Crippen molar-refractivity contribution in [3.8, 4) is 17.7 Å². The Balaban J connectivity index is 2.70. The van der Waals surface area contributed by atoms with E-state index in [1.165, 1.54) is 0 Å². The van der Waals surface area contributed by atoms with Crippen LogP contribution in [0.4, 0.5) is 0 Å². The third-order valence-electron chi connectivity index (χ3n) is 2.07. The Labute approximate surface area is 90.1 Å². The number of aliphatic hydroxyl groups excluding tert-OH is 1. The maximum atomic E-state index is 9.87. The van der Waals surface area contributed by atoms with Gasteiger partial charge in [-0.25, -0.2) is 4.98 Å². The fraction of sp³-hybridized carbons (Fsp3) is 0.417. The Hall–Kier alpha value is -1.53. The van der Waals surface area contributed by atoms with Gasteiger partial charge in [0, 0.05) is 18.2 Å². The molecule has 0 bridgehead atoms. The van der Waals surface area contributed by atoms with Crippen molar-refractivity contribution >= 4 is 0 Å². The first-order chi connectivity index (χ1) is 7.29. The standard InChI is InChI=1S/C12H15NO2/c1-3-4-5-8-11(14)10-7-6-9-13-12(10)15-2/h6-7,9,11,14H,5,8H2,1-2H3. The van der Waals surface area contributed by atoms with Crippen LogP contribution in [0.5, 0.6) is 5.88 Å². The first-order valence-corrected chi connectivity index (χ1v) is 4.86. The van der Waals surface area contributed by atoms with Crippen molar-refractivity contribution in [1.29, 1.82) is 0 Å². The summed E-state index contributed by atoms with van der Waals surface area (Å²) in [4.78, 5) is 4.03. The molecule has 15 heavy (non-hydrogen) atoms. The highest BCUT2D eigenvalue weighted by molar-refractivity contribution is 5.27. The lowest BCUT2D eigenvalue weighted by Crippen LogP contribution is -2.01. The molecule has 1 rings (SSSR count). The molecule has 0 aromatic carbocycles. The van der Waals surface area contributed by atoms with E-state index < -0.39 is 6.10 Å². The average Bonchev–Trinajstić information content (AvgIpc) is 2.29. The lowest BCUT2D eigenvalue weighted by atomic mass is 10.1. The molecule has 0 saturated carbocycles. The predicted octanol–water partition coefficient (Wildman–Crippen LogP) is 1.93. The van der Waals surface area contributed by atoms with E-state index in [1.807, 2.05) is 6.07 Å². The summed E-state index contributed by atoms with van der Waals surface area (Å²) < 4.78 is 5.07. The minimum Gasteiger partial charge on any atom is -0.481 e. The smallest absolute Gasteiger partial charge is 0.218 e. The Morgan fingerprint density at radius 1 is 1.60 bits per heavy atom. The molecule has 1 aromatic rings. The van der Waals surface area contributed by atoms with Gasteiger partial charge in [-0.2, -0.15) is 0 Å². The Morgan fingerprint density at radius 3 is 3.07 bits per heavy atom. The summed E-state index contributed by atoms with van der Waals surface area (Å²) >= 11 is 0. The molecule has 1 unspecified atom stereocenters. The number of hydrogen-bond acceptors (Lipinski definition) is 3. The molecule has 0 spiro atoms. The summed E-state index contributed by atoms with van der Waals surface area (Å²) in [5.74, 6) is 6.19. The molecule has 0 saturated heterocycles. The second-order valence-corrected chi connectivity index (χ2v) is 3.08. The molecule has 0 amide bonds. The third kappa shape index (κ3) is 3.26. The number of pyridine rings is 1. The molecule has 3 nitrogen and oxygen atoms in total. The van der Waals surface area contributed by atoms with E-state index in [0.29, 0.717) is 18.7 Å². The SMILES string of the molecule is CC#CCCC(O)c1cccnc1OC. The zero-order valence-corrected chi connectivity index (χ0v) is 9.03. The van der Waals surface area contributed by atoms with Crippen molar-refractivity contribution in [1.82, 2.24) is 4.98 Å². The van der Waals surface area contributed by atoms with E-state index in [4.69, 9.17) is 4.74 Å². The normalized spacial score (nSPS) is 11.4. The van der Waals surface area contributed by atoms with Gasteiger partial charge >= 0.3 is 0 Å². The molecule has 1 atom stereocenters. The lowest BCUT2D eigenvalue weighted by molar-refractivity contribution is 0.164. The largest absolute Gasteiger partial charge is 0.481 e. The molecular formula is C12H15NO2. The average molecular weight is 205 g/mol. The number of ether oxygens (including phenoxy) is 1. The number of aliphatic hydroxyl groups is 1. The van der Waals surface area contributed by atoms with Gasteiger partial charge in [0.25, 0.3) is 0 Å². The predicted molar refractivity (Wildman–Crippen MR) is 58.4 cm³/mol. The Bertz CT molecular complexity index is 365. The summed E-state index contributed by atoms with van der Waals surface area (Å²) in [6, 6.07) is 3.60. The van der Waals surface area contributed by atoms with Crippen LogP contribution in [-0.4, -0.2) is 17.2 Å². The molecule has 0 radical (unpaired) electrons. The summed E-state index contributed by atoms with van der Waals surface area (Å²) in [5, 5.41) is 9.87. The number of rotatable bonds is 4. The Kier molecular flexibility index (Phi) is 4.65. The molecule has 3 heteroatoms. The molecule has 1 aromatic heterocycles. The quantitative estimate of drug-likeness (QED) is 0.764. The number of hydrogen-bond donors (Lipinski definition) is 1. The fourth-order valence-corrected chi connectivity index (χ4v) is 1.32. The van der Waals surface area contributed by atoms with E-state index in [2.05, 4.69) is 16.8 Å². The van der Waals surface area contributed by atoms with E-state index in [-0.39, 0.29) is 0 Å². The van der Waals surface area contributed by atoms with Crippen molar-refractivity contribution in [3.63, 3.8) is 0 Å². The highest BCUT2D eigenvalue weighted by atomic mass is 16.5. The molecule has 0 fully saturated rings. The van der Waals surface area contributed by atoms with Crippen LogP contribution in [0.2, 0.25) is 0 Å². The van der Waals surface area contributed by atoms with Gasteiger partial charge in [-0.05, 0) is 25.5 Å². The van der Waals surface area contributed by atoms with Gasteiger partial charge in [0.2, 0.25) is 5.88 Å². The molecule has 0 aliphatic carbocycles. The van der Waals surface area contributed by atoms with Gasteiger partial charge in [-0.15, -0.1) is 11.8 Å².